The molecule has 1 saturated heterocycles. The van der Waals surface area contributed by atoms with E-state index in [1.807, 2.05) is 0 Å². The number of rotatable bonds is 3. The minimum absolute atomic E-state index is 0.177. The summed E-state index contributed by atoms with van der Waals surface area (Å²) in [6.07, 6.45) is -3.27. The molecule has 1 aliphatic heterocycles. The van der Waals surface area contributed by atoms with Gasteiger partial charge in [0.15, 0.2) is 0 Å². The molecule has 7 heteroatoms. The van der Waals surface area contributed by atoms with Crippen molar-refractivity contribution in [3.63, 3.8) is 0 Å². The molecule has 1 fully saturated rings. The van der Waals surface area contributed by atoms with E-state index in [4.69, 9.17) is 4.74 Å². The highest BCUT2D eigenvalue weighted by Crippen LogP contribution is 2.35. The van der Waals surface area contributed by atoms with E-state index in [1.165, 1.54) is 6.07 Å². The maximum absolute atomic E-state index is 12.8. The topological polar surface area (TPSA) is 41.6 Å². The lowest BCUT2D eigenvalue weighted by Crippen LogP contribution is -2.29. The molecule has 122 valence electrons. The molecular formula is C15H19F3N2O2. The zero-order valence-electron chi connectivity index (χ0n) is 12.5. The Kier molecular flexibility index (Phi) is 4.95. The summed E-state index contributed by atoms with van der Waals surface area (Å²) in [6.45, 7) is 1.00. The van der Waals surface area contributed by atoms with Crippen molar-refractivity contribution in [1.82, 2.24) is 0 Å². The van der Waals surface area contributed by atoms with Crippen LogP contribution in [-0.4, -0.2) is 33.2 Å². The number of ether oxygens (including phenoxy) is 1. The molecule has 1 heterocycles. The molecule has 0 spiro atoms. The molecular weight excluding hydrogens is 297 g/mol. The fourth-order valence-electron chi connectivity index (χ4n) is 2.40. The Balaban J connectivity index is 2.24. The van der Waals surface area contributed by atoms with E-state index in [9.17, 15) is 18.0 Å². The maximum Gasteiger partial charge on any atom is 0.416 e. The van der Waals surface area contributed by atoms with Gasteiger partial charge in [-0.1, -0.05) is 0 Å². The Bertz CT molecular complexity index is 538. The monoisotopic (exact) mass is 316 g/mol. The molecule has 22 heavy (non-hydrogen) atoms. The predicted octanol–water partition coefficient (Wildman–Crippen LogP) is 3.14. The third-order valence-electron chi connectivity index (χ3n) is 3.66. The summed E-state index contributed by atoms with van der Waals surface area (Å²) in [5, 5.41) is 2.64. The molecule has 4 nitrogen and oxygen atoms in total. The zero-order chi connectivity index (χ0) is 16.3. The van der Waals surface area contributed by atoms with Crippen molar-refractivity contribution in [3.05, 3.63) is 23.8 Å². The van der Waals surface area contributed by atoms with Crippen LogP contribution in [0.25, 0.3) is 0 Å². The van der Waals surface area contributed by atoms with E-state index in [0.717, 1.165) is 12.1 Å². The first kappa shape index (κ1) is 16.6. The van der Waals surface area contributed by atoms with Crippen molar-refractivity contribution in [2.24, 2.45) is 5.92 Å². The molecule has 0 saturated carbocycles. The molecule has 2 rings (SSSR count). The number of hydrogen-bond donors (Lipinski definition) is 1. The van der Waals surface area contributed by atoms with Gasteiger partial charge >= 0.3 is 6.18 Å². The number of amides is 1. The summed E-state index contributed by atoms with van der Waals surface area (Å²) in [7, 11) is 3.43. The lowest BCUT2D eigenvalue weighted by atomic mass is 9.99. The van der Waals surface area contributed by atoms with Crippen LogP contribution in [0, 0.1) is 5.92 Å². The molecule has 1 aromatic rings. The first-order chi connectivity index (χ1) is 10.3. The van der Waals surface area contributed by atoms with E-state index in [1.54, 1.807) is 19.0 Å². The number of anilines is 2. The summed E-state index contributed by atoms with van der Waals surface area (Å²) in [5.74, 6) is -0.482. The van der Waals surface area contributed by atoms with Crippen molar-refractivity contribution in [1.29, 1.82) is 0 Å². The van der Waals surface area contributed by atoms with Crippen molar-refractivity contribution < 1.29 is 22.7 Å². The number of benzene rings is 1. The number of alkyl halides is 3. The maximum atomic E-state index is 12.8. The molecule has 0 aromatic heterocycles. The van der Waals surface area contributed by atoms with Crippen LogP contribution in [0.4, 0.5) is 24.5 Å². The van der Waals surface area contributed by atoms with Crippen LogP contribution in [-0.2, 0) is 15.7 Å². The average molecular weight is 316 g/mol. The fraction of sp³-hybridized carbons (Fsp3) is 0.533. The molecule has 0 unspecified atom stereocenters. The molecule has 0 aliphatic carbocycles. The van der Waals surface area contributed by atoms with Crippen molar-refractivity contribution >= 4 is 17.3 Å². The van der Waals surface area contributed by atoms with E-state index < -0.39 is 11.7 Å². The number of nitrogens with one attached hydrogen (secondary N) is 1. The Labute approximate surface area is 127 Å². The molecule has 1 aliphatic rings. The summed E-state index contributed by atoms with van der Waals surface area (Å²) < 4.78 is 43.7. The number of halogens is 3. The van der Waals surface area contributed by atoms with Crippen LogP contribution < -0.4 is 10.2 Å². The number of nitrogens with zero attached hydrogens (tertiary/aromatic N) is 1. The van der Waals surface area contributed by atoms with Gasteiger partial charge < -0.3 is 15.0 Å². The van der Waals surface area contributed by atoms with Gasteiger partial charge in [0.1, 0.15) is 0 Å². The first-order valence-corrected chi connectivity index (χ1v) is 7.06. The highest BCUT2D eigenvalue weighted by Gasteiger charge is 2.32. The van der Waals surface area contributed by atoms with Gasteiger partial charge in [-0.2, -0.15) is 13.2 Å². The smallest absolute Gasteiger partial charge is 0.381 e. The molecule has 1 amide bonds. The Hall–Kier alpha value is -1.76. The quantitative estimate of drug-likeness (QED) is 0.931. The average Bonchev–Trinajstić information content (AvgIpc) is 2.47. The van der Waals surface area contributed by atoms with Crippen LogP contribution in [0.5, 0.6) is 0 Å². The van der Waals surface area contributed by atoms with Gasteiger partial charge in [-0.25, -0.2) is 0 Å². The molecule has 0 bridgehead atoms. The standard InChI is InChI=1S/C15H19F3N2O2/c1-20(2)13-4-3-11(15(16,17)18)9-12(13)19-14(21)10-5-7-22-8-6-10/h3-4,9-10H,5-8H2,1-2H3,(H,19,21). The van der Waals surface area contributed by atoms with Gasteiger partial charge in [0.25, 0.3) is 0 Å². The zero-order valence-corrected chi connectivity index (χ0v) is 12.5. The third kappa shape index (κ3) is 3.91. The predicted molar refractivity (Wildman–Crippen MR) is 77.9 cm³/mol. The molecule has 1 aromatic carbocycles. The highest BCUT2D eigenvalue weighted by atomic mass is 19.4. The van der Waals surface area contributed by atoms with Gasteiger partial charge in [-0.3, -0.25) is 4.79 Å². The van der Waals surface area contributed by atoms with Crippen LogP contribution in [0.1, 0.15) is 18.4 Å². The molecule has 0 radical (unpaired) electrons. The van der Waals surface area contributed by atoms with E-state index >= 15 is 0 Å². The van der Waals surface area contributed by atoms with Gasteiger partial charge in [0, 0.05) is 33.2 Å². The van der Waals surface area contributed by atoms with Gasteiger partial charge in [-0.05, 0) is 31.0 Å². The second kappa shape index (κ2) is 6.56. The van der Waals surface area contributed by atoms with E-state index in [0.29, 0.717) is 31.7 Å². The second-order valence-corrected chi connectivity index (χ2v) is 5.50. The van der Waals surface area contributed by atoms with Crippen LogP contribution in [0.15, 0.2) is 18.2 Å². The van der Waals surface area contributed by atoms with Crippen molar-refractivity contribution in [2.75, 3.05) is 37.5 Å². The SMILES string of the molecule is CN(C)c1ccc(C(F)(F)F)cc1NC(=O)C1CCOCC1. The normalized spacial score (nSPS) is 16.4. The van der Waals surface area contributed by atoms with Gasteiger partial charge in [0.05, 0.1) is 16.9 Å². The minimum atomic E-state index is -4.44. The third-order valence-corrected chi connectivity index (χ3v) is 3.66. The Morgan fingerprint density at radius 2 is 1.91 bits per heavy atom. The number of carbonyl (C=O) groups is 1. The fourth-order valence-corrected chi connectivity index (χ4v) is 2.40. The van der Waals surface area contributed by atoms with Gasteiger partial charge in [-0.15, -0.1) is 0 Å². The summed E-state index contributed by atoms with van der Waals surface area (Å²) in [5.41, 5.74) is -0.0647. The lowest BCUT2D eigenvalue weighted by molar-refractivity contribution is -0.137. The molecule has 0 atom stereocenters. The second-order valence-electron chi connectivity index (χ2n) is 5.50. The van der Waals surface area contributed by atoms with Gasteiger partial charge in [0.2, 0.25) is 5.91 Å². The van der Waals surface area contributed by atoms with Crippen LogP contribution >= 0.6 is 0 Å². The Morgan fingerprint density at radius 1 is 1.27 bits per heavy atom. The first-order valence-electron chi connectivity index (χ1n) is 7.06. The Morgan fingerprint density at radius 3 is 2.45 bits per heavy atom. The number of hydrogen-bond acceptors (Lipinski definition) is 3. The van der Waals surface area contributed by atoms with E-state index in [-0.39, 0.29) is 17.5 Å². The van der Waals surface area contributed by atoms with Crippen LogP contribution in [0.3, 0.4) is 0 Å². The van der Waals surface area contributed by atoms with Crippen molar-refractivity contribution in [2.45, 2.75) is 19.0 Å². The lowest BCUT2D eigenvalue weighted by Gasteiger charge is -2.24. The minimum Gasteiger partial charge on any atom is -0.381 e. The molecule has 1 N–H and O–H groups in total. The summed E-state index contributed by atoms with van der Waals surface area (Å²) in [6, 6.07) is 3.36. The summed E-state index contributed by atoms with van der Waals surface area (Å²) >= 11 is 0. The summed E-state index contributed by atoms with van der Waals surface area (Å²) in [4.78, 5) is 13.9. The highest BCUT2D eigenvalue weighted by molar-refractivity contribution is 5.96. The van der Waals surface area contributed by atoms with Crippen molar-refractivity contribution in [3.8, 4) is 0 Å². The van der Waals surface area contributed by atoms with Crippen LogP contribution in [0.2, 0.25) is 0 Å². The largest absolute Gasteiger partial charge is 0.416 e. The van der Waals surface area contributed by atoms with E-state index in [2.05, 4.69) is 5.32 Å². The number of carbonyl (C=O) groups excluding carboxylic acids is 1.